The van der Waals surface area contributed by atoms with Crippen molar-refractivity contribution in [1.82, 2.24) is 15.0 Å². The predicted molar refractivity (Wildman–Crippen MR) is 94.8 cm³/mol. The zero-order chi connectivity index (χ0) is 16.5. The van der Waals surface area contributed by atoms with Crippen LogP contribution < -0.4 is 14.7 Å². The highest BCUT2D eigenvalue weighted by molar-refractivity contribution is 5.91. The molecule has 0 bridgehead atoms. The van der Waals surface area contributed by atoms with E-state index in [1.54, 1.807) is 18.8 Å². The van der Waals surface area contributed by atoms with E-state index in [0.29, 0.717) is 6.01 Å². The second-order valence-corrected chi connectivity index (χ2v) is 6.08. The maximum absolute atomic E-state index is 5.39. The van der Waals surface area contributed by atoms with Crippen LogP contribution in [0.2, 0.25) is 0 Å². The fraction of sp³-hybridized carbons (Fsp3) is 0.353. The molecule has 2 aromatic heterocycles. The maximum atomic E-state index is 5.39. The van der Waals surface area contributed by atoms with Crippen molar-refractivity contribution >= 4 is 28.4 Å². The summed E-state index contributed by atoms with van der Waals surface area (Å²) in [6, 6.07) is 7.09. The number of benzene rings is 1. The van der Waals surface area contributed by atoms with Crippen molar-refractivity contribution in [2.24, 2.45) is 0 Å². The van der Waals surface area contributed by atoms with E-state index in [1.165, 1.54) is 5.69 Å². The average Bonchev–Trinajstić information content (AvgIpc) is 3.15. The molecule has 7 nitrogen and oxygen atoms in total. The first-order valence-corrected chi connectivity index (χ1v) is 8.04. The first-order chi connectivity index (χ1) is 11.7. The van der Waals surface area contributed by atoms with Crippen LogP contribution in [0.25, 0.3) is 10.9 Å². The van der Waals surface area contributed by atoms with Crippen LogP contribution in [0.4, 0.5) is 17.5 Å². The number of anilines is 3. The Labute approximate surface area is 140 Å². The minimum absolute atomic E-state index is 0.705. The zero-order valence-electron chi connectivity index (χ0n) is 13.9. The van der Waals surface area contributed by atoms with Gasteiger partial charge in [0.15, 0.2) is 0 Å². The van der Waals surface area contributed by atoms with E-state index in [9.17, 15) is 0 Å². The van der Waals surface area contributed by atoms with E-state index >= 15 is 0 Å². The first kappa shape index (κ1) is 14.7. The Kier molecular flexibility index (Phi) is 3.68. The van der Waals surface area contributed by atoms with E-state index in [4.69, 9.17) is 4.42 Å². The van der Waals surface area contributed by atoms with Gasteiger partial charge in [-0.3, -0.25) is 0 Å². The summed E-state index contributed by atoms with van der Waals surface area (Å²) in [5.74, 6) is 0.945. The third kappa shape index (κ3) is 2.62. The number of nitrogens with zero attached hydrogens (tertiary/aromatic N) is 6. The Balaban J connectivity index is 1.58. The van der Waals surface area contributed by atoms with Crippen LogP contribution in [-0.4, -0.2) is 55.2 Å². The van der Waals surface area contributed by atoms with Gasteiger partial charge in [-0.25, -0.2) is 15.0 Å². The molecule has 0 spiro atoms. The van der Waals surface area contributed by atoms with Crippen molar-refractivity contribution < 1.29 is 4.42 Å². The lowest BCUT2D eigenvalue weighted by Crippen LogP contribution is -2.46. The van der Waals surface area contributed by atoms with Crippen molar-refractivity contribution in [3.8, 4) is 0 Å². The fourth-order valence-electron chi connectivity index (χ4n) is 3.11. The van der Waals surface area contributed by atoms with E-state index in [1.807, 2.05) is 19.0 Å². The molecule has 3 aromatic rings. The number of aromatic nitrogens is 3. The third-order valence-electron chi connectivity index (χ3n) is 4.36. The Bertz CT molecular complexity index is 824. The predicted octanol–water partition coefficient (Wildman–Crippen LogP) is 2.01. The van der Waals surface area contributed by atoms with Gasteiger partial charge in [0, 0.05) is 51.3 Å². The molecule has 1 aliphatic heterocycles. The van der Waals surface area contributed by atoms with Crippen LogP contribution in [0.3, 0.4) is 0 Å². The number of piperazine rings is 1. The van der Waals surface area contributed by atoms with Crippen LogP contribution >= 0.6 is 0 Å². The van der Waals surface area contributed by atoms with E-state index in [-0.39, 0.29) is 0 Å². The number of fused-ring (bicyclic) bond motifs is 1. The van der Waals surface area contributed by atoms with Crippen LogP contribution in [0, 0.1) is 0 Å². The monoisotopic (exact) mass is 324 g/mol. The second kappa shape index (κ2) is 5.99. The lowest BCUT2D eigenvalue weighted by Gasteiger charge is -2.35. The highest BCUT2D eigenvalue weighted by atomic mass is 16.4. The molecule has 0 N–H and O–H groups in total. The third-order valence-corrected chi connectivity index (χ3v) is 4.36. The molecule has 1 aliphatic rings. The molecule has 0 radical (unpaired) electrons. The lowest BCUT2D eigenvalue weighted by atomic mass is 10.1. The molecule has 3 heterocycles. The Morgan fingerprint density at radius 2 is 1.79 bits per heavy atom. The molecule has 124 valence electrons. The summed E-state index contributed by atoms with van der Waals surface area (Å²) in [6.45, 7) is 3.65. The molecule has 1 aromatic carbocycles. The van der Waals surface area contributed by atoms with Crippen molar-refractivity contribution in [1.29, 1.82) is 0 Å². The van der Waals surface area contributed by atoms with Gasteiger partial charge in [-0.15, -0.1) is 0 Å². The van der Waals surface area contributed by atoms with Crippen molar-refractivity contribution in [2.75, 3.05) is 55.0 Å². The minimum Gasteiger partial charge on any atom is -0.432 e. The summed E-state index contributed by atoms with van der Waals surface area (Å²) in [6.07, 6.45) is 4.92. The lowest BCUT2D eigenvalue weighted by molar-refractivity contribution is 0.516. The van der Waals surface area contributed by atoms with Gasteiger partial charge >= 0.3 is 0 Å². The Morgan fingerprint density at radius 1 is 1.00 bits per heavy atom. The summed E-state index contributed by atoms with van der Waals surface area (Å²) in [4.78, 5) is 19.6. The molecule has 0 amide bonds. The number of hydrogen-bond acceptors (Lipinski definition) is 7. The van der Waals surface area contributed by atoms with Gasteiger partial charge in [0.2, 0.25) is 0 Å². The molecule has 1 saturated heterocycles. The van der Waals surface area contributed by atoms with Gasteiger partial charge < -0.3 is 19.1 Å². The normalized spacial score (nSPS) is 15.1. The molecule has 0 aliphatic carbocycles. The Morgan fingerprint density at radius 3 is 2.50 bits per heavy atom. The topological polar surface area (TPSA) is 61.5 Å². The smallest absolute Gasteiger partial charge is 0.297 e. The molecule has 0 saturated carbocycles. The molecule has 0 atom stereocenters. The minimum atomic E-state index is 0.705. The standard InChI is InChI=1S/C17H20N6O/c1-21(2)16-14-11-13(3-4-15(14)19-12-20-16)22-6-8-23(9-7-22)17-18-5-10-24-17/h3-5,10-12H,6-9H2,1-2H3. The van der Waals surface area contributed by atoms with Gasteiger partial charge in [0.05, 0.1) is 11.7 Å². The molecular formula is C17H20N6O. The summed E-state index contributed by atoms with van der Waals surface area (Å²) in [5, 5.41) is 1.08. The van der Waals surface area contributed by atoms with Crippen LogP contribution in [-0.2, 0) is 0 Å². The second-order valence-electron chi connectivity index (χ2n) is 6.08. The number of oxazole rings is 1. The highest BCUT2D eigenvalue weighted by Crippen LogP contribution is 2.27. The van der Waals surface area contributed by atoms with Gasteiger partial charge in [-0.1, -0.05) is 0 Å². The largest absolute Gasteiger partial charge is 0.432 e. The van der Waals surface area contributed by atoms with E-state index < -0.39 is 0 Å². The summed E-state index contributed by atoms with van der Waals surface area (Å²) in [7, 11) is 4.01. The summed E-state index contributed by atoms with van der Waals surface area (Å²) < 4.78 is 5.39. The van der Waals surface area contributed by atoms with Gasteiger partial charge in [-0.2, -0.15) is 0 Å². The van der Waals surface area contributed by atoms with Gasteiger partial charge in [0.25, 0.3) is 6.01 Å². The molecular weight excluding hydrogens is 304 g/mol. The quantitative estimate of drug-likeness (QED) is 0.730. The number of hydrogen-bond donors (Lipinski definition) is 0. The first-order valence-electron chi connectivity index (χ1n) is 8.04. The van der Waals surface area contributed by atoms with Gasteiger partial charge in [0.1, 0.15) is 18.4 Å². The molecule has 7 heteroatoms. The zero-order valence-corrected chi connectivity index (χ0v) is 13.9. The fourth-order valence-corrected chi connectivity index (χ4v) is 3.11. The molecule has 24 heavy (non-hydrogen) atoms. The average molecular weight is 324 g/mol. The maximum Gasteiger partial charge on any atom is 0.297 e. The van der Waals surface area contributed by atoms with Crippen LogP contribution in [0.1, 0.15) is 0 Å². The summed E-state index contributed by atoms with van der Waals surface area (Å²) >= 11 is 0. The molecule has 4 rings (SSSR count). The van der Waals surface area contributed by atoms with Crippen LogP contribution in [0.5, 0.6) is 0 Å². The number of rotatable bonds is 3. The highest BCUT2D eigenvalue weighted by Gasteiger charge is 2.20. The van der Waals surface area contributed by atoms with E-state index in [0.717, 1.165) is 42.9 Å². The van der Waals surface area contributed by atoms with Crippen molar-refractivity contribution in [2.45, 2.75) is 0 Å². The SMILES string of the molecule is CN(C)c1ncnc2ccc(N3CCN(c4ncco4)CC3)cc12. The van der Waals surface area contributed by atoms with Crippen molar-refractivity contribution in [3.05, 3.63) is 37.0 Å². The molecule has 1 fully saturated rings. The van der Waals surface area contributed by atoms with Crippen LogP contribution in [0.15, 0.2) is 41.4 Å². The Hall–Kier alpha value is -2.83. The summed E-state index contributed by atoms with van der Waals surface area (Å²) in [5.41, 5.74) is 2.17. The van der Waals surface area contributed by atoms with E-state index in [2.05, 4.69) is 43.0 Å². The van der Waals surface area contributed by atoms with Crippen molar-refractivity contribution in [3.63, 3.8) is 0 Å². The van der Waals surface area contributed by atoms with Gasteiger partial charge in [-0.05, 0) is 18.2 Å². The molecule has 0 unspecified atom stereocenters.